The van der Waals surface area contributed by atoms with Crippen LogP contribution in [0.1, 0.15) is 55.6 Å². The quantitative estimate of drug-likeness (QED) is 0.489. The maximum atomic E-state index is 12.3. The highest BCUT2D eigenvalue weighted by atomic mass is 32.1. The molecule has 0 saturated heterocycles. The van der Waals surface area contributed by atoms with Crippen LogP contribution in [0.4, 0.5) is 5.00 Å². The lowest BCUT2D eigenvalue weighted by atomic mass is 10.1. The molecule has 160 valence electrons. The Kier molecular flexibility index (Phi) is 7.98. The van der Waals surface area contributed by atoms with E-state index < -0.39 is 30.4 Å². The van der Waals surface area contributed by atoms with Crippen molar-refractivity contribution in [3.8, 4) is 0 Å². The molecule has 11 heteroatoms. The molecule has 0 fully saturated rings. The van der Waals surface area contributed by atoms with Gasteiger partial charge in [-0.3, -0.25) is 9.78 Å². The third-order valence-corrected chi connectivity index (χ3v) is 4.85. The van der Waals surface area contributed by atoms with Gasteiger partial charge in [0.05, 0.1) is 30.7 Å². The van der Waals surface area contributed by atoms with Gasteiger partial charge >= 0.3 is 17.9 Å². The van der Waals surface area contributed by atoms with Crippen molar-refractivity contribution in [1.82, 2.24) is 9.97 Å². The Morgan fingerprint density at radius 2 is 1.60 bits per heavy atom. The van der Waals surface area contributed by atoms with Crippen LogP contribution < -0.4 is 5.32 Å². The molecule has 2 aromatic rings. The van der Waals surface area contributed by atoms with Crippen LogP contribution in [0, 0.1) is 13.8 Å². The minimum Gasteiger partial charge on any atom is -0.462 e. The number of esters is 3. The fourth-order valence-corrected chi connectivity index (χ4v) is 3.41. The second-order valence-corrected chi connectivity index (χ2v) is 6.89. The number of hydrogen-bond donors (Lipinski definition) is 1. The third-order valence-electron chi connectivity index (χ3n) is 3.66. The SMILES string of the molecule is CCOC(=O)c1sc(NC(=O)COC(=O)c2cnc(C)cn2)c(C(=O)OCC)c1C. The van der Waals surface area contributed by atoms with Crippen molar-refractivity contribution in [2.24, 2.45) is 0 Å². The molecule has 0 aromatic carbocycles. The smallest absolute Gasteiger partial charge is 0.359 e. The van der Waals surface area contributed by atoms with E-state index in [0.717, 1.165) is 11.3 Å². The molecule has 2 aromatic heterocycles. The Balaban J connectivity index is 2.14. The van der Waals surface area contributed by atoms with Crippen LogP contribution in [-0.4, -0.2) is 53.6 Å². The fraction of sp³-hybridized carbons (Fsp3) is 0.368. The first-order chi connectivity index (χ1) is 14.3. The minimum absolute atomic E-state index is 0.0443. The molecule has 0 aliphatic rings. The Bertz CT molecular complexity index is 954. The summed E-state index contributed by atoms with van der Waals surface area (Å²) in [5, 5.41) is 2.58. The summed E-state index contributed by atoms with van der Waals surface area (Å²) in [6.07, 6.45) is 2.64. The molecule has 0 saturated carbocycles. The van der Waals surface area contributed by atoms with Gasteiger partial charge < -0.3 is 19.5 Å². The fourth-order valence-electron chi connectivity index (χ4n) is 2.31. The maximum Gasteiger partial charge on any atom is 0.359 e. The van der Waals surface area contributed by atoms with Gasteiger partial charge in [0.2, 0.25) is 0 Å². The summed E-state index contributed by atoms with van der Waals surface area (Å²) in [6, 6.07) is 0. The number of aryl methyl sites for hydroxylation is 1. The average molecular weight is 435 g/mol. The number of nitrogens with zero attached hydrogens (tertiary/aromatic N) is 2. The molecule has 0 radical (unpaired) electrons. The van der Waals surface area contributed by atoms with Crippen LogP contribution in [0.15, 0.2) is 12.4 Å². The Labute approximate surface area is 176 Å². The van der Waals surface area contributed by atoms with Gasteiger partial charge in [-0.1, -0.05) is 0 Å². The highest BCUT2D eigenvalue weighted by Gasteiger charge is 2.27. The van der Waals surface area contributed by atoms with Gasteiger partial charge in [-0.05, 0) is 33.3 Å². The summed E-state index contributed by atoms with van der Waals surface area (Å²) in [5.74, 6) is -2.83. The number of nitrogens with one attached hydrogen (secondary N) is 1. The second-order valence-electron chi connectivity index (χ2n) is 5.87. The molecule has 0 aliphatic carbocycles. The molecule has 10 nitrogen and oxygen atoms in total. The normalized spacial score (nSPS) is 10.3. The van der Waals surface area contributed by atoms with E-state index >= 15 is 0 Å². The number of rotatable bonds is 8. The van der Waals surface area contributed by atoms with Crippen molar-refractivity contribution >= 4 is 40.2 Å². The van der Waals surface area contributed by atoms with E-state index in [0.29, 0.717) is 11.3 Å². The average Bonchev–Trinajstić information content (AvgIpc) is 3.03. The van der Waals surface area contributed by atoms with Crippen LogP contribution in [-0.2, 0) is 19.0 Å². The van der Waals surface area contributed by atoms with Crippen LogP contribution >= 0.6 is 11.3 Å². The molecule has 1 amide bonds. The van der Waals surface area contributed by atoms with Crippen molar-refractivity contribution in [1.29, 1.82) is 0 Å². The predicted molar refractivity (Wildman–Crippen MR) is 107 cm³/mol. The highest BCUT2D eigenvalue weighted by Crippen LogP contribution is 2.34. The van der Waals surface area contributed by atoms with Gasteiger partial charge in [0.25, 0.3) is 5.91 Å². The van der Waals surface area contributed by atoms with Gasteiger partial charge in [-0.15, -0.1) is 11.3 Å². The Morgan fingerprint density at radius 1 is 0.933 bits per heavy atom. The van der Waals surface area contributed by atoms with E-state index in [2.05, 4.69) is 15.3 Å². The van der Waals surface area contributed by atoms with Crippen LogP contribution in [0.3, 0.4) is 0 Å². The Hall–Kier alpha value is -3.34. The highest BCUT2D eigenvalue weighted by molar-refractivity contribution is 7.18. The lowest BCUT2D eigenvalue weighted by molar-refractivity contribution is -0.119. The molecular formula is C19H21N3O7S. The number of hydrogen-bond acceptors (Lipinski definition) is 10. The lowest BCUT2D eigenvalue weighted by Crippen LogP contribution is -2.22. The van der Waals surface area contributed by atoms with E-state index in [4.69, 9.17) is 14.2 Å². The van der Waals surface area contributed by atoms with Crippen molar-refractivity contribution in [3.05, 3.63) is 39.8 Å². The van der Waals surface area contributed by atoms with Crippen molar-refractivity contribution in [2.75, 3.05) is 25.1 Å². The first-order valence-electron chi connectivity index (χ1n) is 9.01. The molecular weight excluding hydrogens is 414 g/mol. The molecule has 2 heterocycles. The first kappa shape index (κ1) is 22.9. The van der Waals surface area contributed by atoms with Crippen molar-refractivity contribution < 1.29 is 33.4 Å². The number of carbonyl (C=O) groups excluding carboxylic acids is 4. The Morgan fingerprint density at radius 3 is 2.20 bits per heavy atom. The zero-order chi connectivity index (χ0) is 22.3. The van der Waals surface area contributed by atoms with Crippen LogP contribution in [0.5, 0.6) is 0 Å². The van der Waals surface area contributed by atoms with Gasteiger partial charge in [-0.2, -0.15) is 0 Å². The number of amides is 1. The van der Waals surface area contributed by atoms with Crippen LogP contribution in [0.2, 0.25) is 0 Å². The largest absolute Gasteiger partial charge is 0.462 e. The molecule has 2 rings (SSSR count). The van der Waals surface area contributed by atoms with E-state index in [1.807, 2.05) is 0 Å². The summed E-state index contributed by atoms with van der Waals surface area (Å²) in [4.78, 5) is 56.6. The molecule has 1 N–H and O–H groups in total. The zero-order valence-electron chi connectivity index (χ0n) is 16.9. The van der Waals surface area contributed by atoms with Gasteiger partial charge in [0.1, 0.15) is 9.88 Å². The number of thiophene rings is 1. The van der Waals surface area contributed by atoms with E-state index in [1.54, 1.807) is 27.7 Å². The molecule has 0 bridgehead atoms. The molecule has 0 atom stereocenters. The van der Waals surface area contributed by atoms with Gasteiger partial charge in [-0.25, -0.2) is 19.4 Å². The summed E-state index contributed by atoms with van der Waals surface area (Å²) in [7, 11) is 0. The maximum absolute atomic E-state index is 12.3. The summed E-state index contributed by atoms with van der Waals surface area (Å²) < 4.78 is 14.9. The van der Waals surface area contributed by atoms with E-state index in [-0.39, 0.29) is 34.3 Å². The second kappa shape index (κ2) is 10.4. The van der Waals surface area contributed by atoms with Crippen molar-refractivity contribution in [2.45, 2.75) is 27.7 Å². The van der Waals surface area contributed by atoms with Crippen molar-refractivity contribution in [3.63, 3.8) is 0 Å². The minimum atomic E-state index is -0.821. The molecule has 0 aliphatic heterocycles. The zero-order valence-corrected chi connectivity index (χ0v) is 17.8. The first-order valence-corrected chi connectivity index (χ1v) is 9.83. The standard InChI is InChI=1S/C19H21N3O7S/c1-5-27-18(25)14-11(4)15(19(26)28-6-2)30-16(14)22-13(23)9-29-17(24)12-8-20-10(3)7-21-12/h7-8H,5-6,9H2,1-4H3,(H,22,23). The molecule has 0 unspecified atom stereocenters. The topological polar surface area (TPSA) is 134 Å². The van der Waals surface area contributed by atoms with E-state index in [1.165, 1.54) is 12.4 Å². The number of anilines is 1. The third kappa shape index (κ3) is 5.60. The summed E-state index contributed by atoms with van der Waals surface area (Å²) >= 11 is 0.879. The number of carbonyl (C=O) groups is 4. The predicted octanol–water partition coefficient (Wildman–Crippen LogP) is 2.30. The van der Waals surface area contributed by atoms with Crippen LogP contribution in [0.25, 0.3) is 0 Å². The lowest BCUT2D eigenvalue weighted by Gasteiger charge is -2.07. The summed E-state index contributed by atoms with van der Waals surface area (Å²) in [6.45, 7) is 6.21. The van der Waals surface area contributed by atoms with Gasteiger partial charge in [0, 0.05) is 6.20 Å². The van der Waals surface area contributed by atoms with E-state index in [9.17, 15) is 19.2 Å². The monoisotopic (exact) mass is 435 g/mol. The molecule has 0 spiro atoms. The summed E-state index contributed by atoms with van der Waals surface area (Å²) in [5.41, 5.74) is 0.964. The number of ether oxygens (including phenoxy) is 3. The number of aromatic nitrogens is 2. The molecule has 30 heavy (non-hydrogen) atoms. The van der Waals surface area contributed by atoms with Gasteiger partial charge in [0.15, 0.2) is 12.3 Å².